The Morgan fingerprint density at radius 3 is 2.58 bits per heavy atom. The first-order valence-corrected chi connectivity index (χ1v) is 11.6. The molecule has 8 nitrogen and oxygen atoms in total. The van der Waals surface area contributed by atoms with Gasteiger partial charge in [0, 0.05) is 47.3 Å². The molecule has 5 aromatic rings. The van der Waals surface area contributed by atoms with Crippen LogP contribution in [-0.2, 0) is 4.79 Å². The highest BCUT2D eigenvalue weighted by molar-refractivity contribution is 6.04. The Labute approximate surface area is 208 Å². The second-order valence-corrected chi connectivity index (χ2v) is 8.52. The summed E-state index contributed by atoms with van der Waals surface area (Å²) in [6.45, 7) is 4.09. The molecule has 0 saturated heterocycles. The summed E-state index contributed by atoms with van der Waals surface area (Å²) in [6.07, 6.45) is 8.64. The molecule has 3 heterocycles. The van der Waals surface area contributed by atoms with Crippen molar-refractivity contribution in [2.45, 2.75) is 19.8 Å². The summed E-state index contributed by atoms with van der Waals surface area (Å²) >= 11 is 0. The van der Waals surface area contributed by atoms with E-state index in [4.69, 9.17) is 5.10 Å². The lowest BCUT2D eigenvalue weighted by atomic mass is 10.1. The van der Waals surface area contributed by atoms with Gasteiger partial charge in [0.05, 0.1) is 11.4 Å². The Balaban J connectivity index is 1.42. The van der Waals surface area contributed by atoms with Crippen molar-refractivity contribution in [3.8, 4) is 28.3 Å². The van der Waals surface area contributed by atoms with Crippen LogP contribution in [0, 0.1) is 0 Å². The van der Waals surface area contributed by atoms with Crippen molar-refractivity contribution in [1.29, 1.82) is 0 Å². The Morgan fingerprint density at radius 2 is 1.83 bits per heavy atom. The molecular weight excluding hydrogens is 450 g/mol. The minimum Gasteiger partial charge on any atom is -0.322 e. The number of carbonyl (C=O) groups excluding carboxylic acids is 1. The van der Waals surface area contributed by atoms with Crippen LogP contribution in [-0.4, -0.2) is 35.9 Å². The van der Waals surface area contributed by atoms with Gasteiger partial charge in [-0.1, -0.05) is 44.2 Å². The van der Waals surface area contributed by atoms with Crippen LogP contribution in [0.3, 0.4) is 0 Å². The number of hydrogen-bond donors (Lipinski definition) is 2. The second kappa shape index (κ2) is 10.2. The van der Waals surface area contributed by atoms with E-state index in [1.165, 1.54) is 6.08 Å². The first kappa shape index (κ1) is 22.9. The molecule has 0 bridgehead atoms. The third kappa shape index (κ3) is 4.97. The molecule has 36 heavy (non-hydrogen) atoms. The zero-order valence-electron chi connectivity index (χ0n) is 20.0. The molecule has 0 saturated carbocycles. The highest BCUT2D eigenvalue weighted by Gasteiger charge is 2.14. The standard InChI is InChI=1S/C28H25N7O/c1-19(2)27-31-28(33-32-27)23-12-6-7-13-24(23)30-25(36)15-14-21-18-35(22-10-4-3-5-11-22)34-26(21)20-9-8-16-29-17-20/h3-19H,1-2H3,(H,30,36)(H,31,32,33)/b15-14+. The van der Waals surface area contributed by atoms with Crippen LogP contribution in [0.1, 0.15) is 31.2 Å². The predicted molar refractivity (Wildman–Crippen MR) is 140 cm³/mol. The van der Waals surface area contributed by atoms with Crippen molar-refractivity contribution in [1.82, 2.24) is 29.9 Å². The maximum atomic E-state index is 12.9. The van der Waals surface area contributed by atoms with Crippen LogP contribution in [0.4, 0.5) is 5.69 Å². The number of aromatic nitrogens is 6. The van der Waals surface area contributed by atoms with Gasteiger partial charge < -0.3 is 5.32 Å². The van der Waals surface area contributed by atoms with Crippen molar-refractivity contribution in [3.05, 3.63) is 103 Å². The summed E-state index contributed by atoms with van der Waals surface area (Å²) in [4.78, 5) is 21.7. The van der Waals surface area contributed by atoms with E-state index in [1.807, 2.05) is 86.8 Å². The molecule has 0 aliphatic carbocycles. The summed E-state index contributed by atoms with van der Waals surface area (Å²) in [6, 6.07) is 21.1. The number of nitrogens with zero attached hydrogens (tertiary/aromatic N) is 5. The van der Waals surface area contributed by atoms with Gasteiger partial charge in [-0.15, -0.1) is 0 Å². The molecule has 3 aromatic heterocycles. The average molecular weight is 476 g/mol. The van der Waals surface area contributed by atoms with E-state index < -0.39 is 0 Å². The van der Waals surface area contributed by atoms with E-state index >= 15 is 0 Å². The first-order valence-electron chi connectivity index (χ1n) is 11.6. The number of para-hydroxylation sites is 2. The Hall–Kier alpha value is -4.85. The van der Waals surface area contributed by atoms with Crippen molar-refractivity contribution in [3.63, 3.8) is 0 Å². The Morgan fingerprint density at radius 1 is 1.03 bits per heavy atom. The predicted octanol–water partition coefficient (Wildman–Crippen LogP) is 5.49. The third-order valence-corrected chi connectivity index (χ3v) is 5.59. The van der Waals surface area contributed by atoms with E-state index in [0.717, 1.165) is 33.9 Å². The van der Waals surface area contributed by atoms with Crippen LogP contribution in [0.5, 0.6) is 0 Å². The molecular formula is C28H25N7O. The van der Waals surface area contributed by atoms with Crippen molar-refractivity contribution >= 4 is 17.7 Å². The fourth-order valence-electron chi connectivity index (χ4n) is 3.73. The maximum absolute atomic E-state index is 12.9. The Bertz CT molecular complexity index is 1500. The molecule has 2 aromatic carbocycles. The third-order valence-electron chi connectivity index (χ3n) is 5.59. The van der Waals surface area contributed by atoms with Crippen LogP contribution in [0.25, 0.3) is 34.4 Å². The average Bonchev–Trinajstić information content (AvgIpc) is 3.57. The summed E-state index contributed by atoms with van der Waals surface area (Å²) in [5, 5.41) is 15.0. The van der Waals surface area contributed by atoms with Crippen LogP contribution < -0.4 is 5.32 Å². The number of rotatable bonds is 7. The van der Waals surface area contributed by atoms with Crippen molar-refractivity contribution in [2.24, 2.45) is 0 Å². The highest BCUT2D eigenvalue weighted by atomic mass is 16.1. The summed E-state index contributed by atoms with van der Waals surface area (Å²) in [5.41, 5.74) is 4.70. The molecule has 1 amide bonds. The number of hydrogen-bond acceptors (Lipinski definition) is 5. The van der Waals surface area contributed by atoms with Gasteiger partial charge >= 0.3 is 0 Å². The molecule has 8 heteroatoms. The fourth-order valence-corrected chi connectivity index (χ4v) is 3.73. The van der Waals surface area contributed by atoms with Gasteiger partial charge in [-0.25, -0.2) is 9.67 Å². The molecule has 5 rings (SSSR count). The van der Waals surface area contributed by atoms with Crippen molar-refractivity contribution in [2.75, 3.05) is 5.32 Å². The summed E-state index contributed by atoms with van der Waals surface area (Å²) in [7, 11) is 0. The van der Waals surface area contributed by atoms with Gasteiger partial charge in [-0.2, -0.15) is 10.2 Å². The number of pyridine rings is 1. The normalized spacial score (nSPS) is 11.3. The van der Waals surface area contributed by atoms with E-state index in [2.05, 4.69) is 25.5 Å². The zero-order chi connectivity index (χ0) is 24.9. The van der Waals surface area contributed by atoms with Gasteiger partial charge in [-0.05, 0) is 42.5 Å². The van der Waals surface area contributed by atoms with Gasteiger partial charge in [0.2, 0.25) is 5.91 Å². The number of carbonyl (C=O) groups is 1. The number of nitrogens with one attached hydrogen (secondary N) is 2. The number of H-pyrrole nitrogens is 1. The van der Waals surface area contributed by atoms with Crippen LogP contribution in [0.15, 0.2) is 91.4 Å². The minimum absolute atomic E-state index is 0.224. The molecule has 0 fully saturated rings. The lowest BCUT2D eigenvalue weighted by Crippen LogP contribution is -2.09. The molecule has 0 atom stereocenters. The SMILES string of the molecule is CC(C)c1nc(-c2ccccc2NC(=O)/C=C/c2cn(-c3ccccc3)nc2-c2cccnc2)n[nH]1. The number of aromatic amines is 1. The van der Waals surface area contributed by atoms with E-state index in [1.54, 1.807) is 23.2 Å². The van der Waals surface area contributed by atoms with Gasteiger partial charge in [0.25, 0.3) is 0 Å². The number of amides is 1. The first-order chi connectivity index (χ1) is 17.6. The molecule has 178 valence electrons. The molecule has 0 aliphatic rings. The molecule has 0 aliphatic heterocycles. The van der Waals surface area contributed by atoms with Gasteiger partial charge in [0.1, 0.15) is 11.5 Å². The Kier molecular flexibility index (Phi) is 6.48. The van der Waals surface area contributed by atoms with Gasteiger partial charge in [-0.3, -0.25) is 14.9 Å². The molecule has 0 unspecified atom stereocenters. The van der Waals surface area contributed by atoms with E-state index in [-0.39, 0.29) is 11.8 Å². The lowest BCUT2D eigenvalue weighted by Gasteiger charge is -2.07. The topological polar surface area (TPSA) is 101 Å². The highest BCUT2D eigenvalue weighted by Crippen LogP contribution is 2.27. The van der Waals surface area contributed by atoms with E-state index in [9.17, 15) is 4.79 Å². The van der Waals surface area contributed by atoms with E-state index in [0.29, 0.717) is 11.5 Å². The smallest absolute Gasteiger partial charge is 0.248 e. The molecule has 0 radical (unpaired) electrons. The number of benzene rings is 2. The monoisotopic (exact) mass is 475 g/mol. The maximum Gasteiger partial charge on any atom is 0.248 e. The summed E-state index contributed by atoms with van der Waals surface area (Å²) < 4.78 is 1.80. The number of anilines is 1. The second-order valence-electron chi connectivity index (χ2n) is 8.52. The van der Waals surface area contributed by atoms with Crippen LogP contribution in [0.2, 0.25) is 0 Å². The minimum atomic E-state index is -0.272. The van der Waals surface area contributed by atoms with Gasteiger partial charge in [0.15, 0.2) is 5.82 Å². The molecule has 2 N–H and O–H groups in total. The largest absolute Gasteiger partial charge is 0.322 e. The van der Waals surface area contributed by atoms with Crippen molar-refractivity contribution < 1.29 is 4.79 Å². The molecule has 0 spiro atoms. The lowest BCUT2D eigenvalue weighted by molar-refractivity contribution is -0.111. The fraction of sp³-hybridized carbons (Fsp3) is 0.107. The van der Waals surface area contributed by atoms with Crippen LogP contribution >= 0.6 is 0 Å². The zero-order valence-corrected chi connectivity index (χ0v) is 20.0. The quantitative estimate of drug-likeness (QED) is 0.303. The summed E-state index contributed by atoms with van der Waals surface area (Å²) in [5.74, 6) is 1.29.